The van der Waals surface area contributed by atoms with Gasteiger partial charge in [-0.2, -0.15) is 5.10 Å². The van der Waals surface area contributed by atoms with Crippen LogP contribution >= 0.6 is 11.3 Å². The number of imidazole rings is 1. The van der Waals surface area contributed by atoms with E-state index in [2.05, 4.69) is 15.5 Å². The molecule has 2 aromatic heterocycles. The molecule has 0 spiro atoms. The number of hydrogen-bond donors (Lipinski definition) is 1. The minimum absolute atomic E-state index is 0.0607. The van der Waals surface area contributed by atoms with E-state index < -0.39 is 15.5 Å². The number of anilines is 1. The van der Waals surface area contributed by atoms with E-state index in [1.54, 1.807) is 0 Å². The molecule has 0 fully saturated rings. The molecule has 2 heterocycles. The average Bonchev–Trinajstić information content (AvgIpc) is 3.09. The highest BCUT2D eigenvalue weighted by Crippen LogP contribution is 2.28. The summed E-state index contributed by atoms with van der Waals surface area (Å²) in [5.74, 6) is 0. The molecule has 0 aliphatic heterocycles. The summed E-state index contributed by atoms with van der Waals surface area (Å²) in [6.07, 6.45) is 3.34. The first kappa shape index (κ1) is 15.6. The summed E-state index contributed by atoms with van der Waals surface area (Å²) >= 11 is 1.48. The molecule has 3 rings (SSSR count). The largest absolute Gasteiger partial charge is 0.301 e. The molecule has 0 aliphatic carbocycles. The van der Waals surface area contributed by atoms with Crippen molar-refractivity contribution in [1.82, 2.24) is 9.38 Å². The van der Waals surface area contributed by atoms with Crippen LogP contribution in [0.25, 0.3) is 4.96 Å². The van der Waals surface area contributed by atoms with Gasteiger partial charge in [0.15, 0.2) is 4.96 Å². The lowest BCUT2D eigenvalue weighted by Crippen LogP contribution is -1.99. The molecule has 0 radical (unpaired) electrons. The van der Waals surface area contributed by atoms with Gasteiger partial charge in [0.2, 0.25) is 0 Å². The van der Waals surface area contributed by atoms with Gasteiger partial charge in [0.05, 0.1) is 33.5 Å². The quantitative estimate of drug-likeness (QED) is 0.429. The predicted octanol–water partition coefficient (Wildman–Crippen LogP) is 2.97. The molecule has 0 aliphatic rings. The molecule has 0 saturated heterocycles. The van der Waals surface area contributed by atoms with Crippen molar-refractivity contribution in [2.24, 2.45) is 5.10 Å². The van der Waals surface area contributed by atoms with Crippen LogP contribution in [0.4, 0.5) is 17.1 Å². The zero-order chi connectivity index (χ0) is 17.3. The molecule has 3 aromatic rings. The van der Waals surface area contributed by atoms with Gasteiger partial charge in [-0.05, 0) is 13.0 Å². The van der Waals surface area contributed by atoms with Gasteiger partial charge in [0.1, 0.15) is 5.69 Å². The van der Waals surface area contributed by atoms with Crippen LogP contribution in [0.15, 0.2) is 34.9 Å². The Morgan fingerprint density at radius 1 is 1.33 bits per heavy atom. The van der Waals surface area contributed by atoms with Gasteiger partial charge in [-0.3, -0.25) is 30.1 Å². The van der Waals surface area contributed by atoms with E-state index in [9.17, 15) is 20.2 Å². The number of fused-ring (bicyclic) bond motifs is 1. The number of nitrogens with zero attached hydrogens (tertiary/aromatic N) is 5. The molecule has 0 atom stereocenters. The number of nitro groups is 2. The van der Waals surface area contributed by atoms with E-state index in [4.69, 9.17) is 0 Å². The summed E-state index contributed by atoms with van der Waals surface area (Å²) in [6, 6.07) is 3.31. The van der Waals surface area contributed by atoms with E-state index in [0.29, 0.717) is 0 Å². The van der Waals surface area contributed by atoms with Crippen molar-refractivity contribution in [1.29, 1.82) is 0 Å². The normalized spacial score (nSPS) is 11.2. The monoisotopic (exact) mass is 346 g/mol. The predicted molar refractivity (Wildman–Crippen MR) is 88.8 cm³/mol. The van der Waals surface area contributed by atoms with Crippen LogP contribution in [0.1, 0.15) is 11.4 Å². The van der Waals surface area contributed by atoms with Crippen LogP contribution in [0.5, 0.6) is 0 Å². The molecular formula is C13H10N6O4S. The van der Waals surface area contributed by atoms with E-state index in [-0.39, 0.29) is 11.4 Å². The Kier molecular flexibility index (Phi) is 3.92. The number of non-ortho nitro benzene ring substituents is 1. The maximum Gasteiger partial charge on any atom is 0.301 e. The van der Waals surface area contributed by atoms with Crippen LogP contribution in [-0.4, -0.2) is 25.4 Å². The molecule has 10 nitrogen and oxygen atoms in total. The first-order chi connectivity index (χ1) is 11.5. The second-order valence-electron chi connectivity index (χ2n) is 4.72. The van der Waals surface area contributed by atoms with Crippen LogP contribution in [0.3, 0.4) is 0 Å². The van der Waals surface area contributed by atoms with Gasteiger partial charge in [0.25, 0.3) is 5.69 Å². The molecule has 0 saturated carbocycles. The highest BCUT2D eigenvalue weighted by atomic mass is 32.1. The summed E-state index contributed by atoms with van der Waals surface area (Å²) in [6.45, 7) is 1.83. The Labute approximate surface area is 138 Å². The van der Waals surface area contributed by atoms with Crippen molar-refractivity contribution >= 4 is 39.6 Å². The average molecular weight is 346 g/mol. The Hall–Kier alpha value is -3.34. The molecular weight excluding hydrogens is 336 g/mol. The lowest BCUT2D eigenvalue weighted by Gasteiger charge is -2.02. The standard InChI is InChI=1S/C13H10N6O4S/c1-8-12(17-4-5-24-13(17)15-8)7-14-16-10-3-2-9(18(20)21)6-11(10)19(22)23/h2-7,16H,1H3. The highest BCUT2D eigenvalue weighted by Gasteiger charge is 2.19. The van der Waals surface area contributed by atoms with Gasteiger partial charge in [-0.1, -0.05) is 0 Å². The summed E-state index contributed by atoms with van der Waals surface area (Å²) in [5, 5.41) is 27.6. The molecule has 11 heteroatoms. The third kappa shape index (κ3) is 2.79. The van der Waals surface area contributed by atoms with Crippen molar-refractivity contribution < 1.29 is 9.85 Å². The van der Waals surface area contributed by atoms with Crippen molar-refractivity contribution in [2.45, 2.75) is 6.92 Å². The number of benzene rings is 1. The van der Waals surface area contributed by atoms with E-state index in [1.807, 2.05) is 22.9 Å². The summed E-state index contributed by atoms with van der Waals surface area (Å²) < 4.78 is 1.84. The molecule has 1 N–H and O–H groups in total. The fraction of sp³-hybridized carbons (Fsp3) is 0.0769. The summed E-state index contributed by atoms with van der Waals surface area (Å²) in [4.78, 5) is 25.6. The van der Waals surface area contributed by atoms with Crippen molar-refractivity contribution in [3.05, 3.63) is 61.4 Å². The van der Waals surface area contributed by atoms with Gasteiger partial charge >= 0.3 is 5.69 Å². The van der Waals surface area contributed by atoms with Gasteiger partial charge < -0.3 is 0 Å². The molecule has 0 amide bonds. The zero-order valence-electron chi connectivity index (χ0n) is 12.2. The molecule has 0 unspecified atom stereocenters. The van der Waals surface area contributed by atoms with Crippen molar-refractivity contribution in [3.63, 3.8) is 0 Å². The fourth-order valence-corrected chi connectivity index (χ4v) is 2.88. The number of rotatable bonds is 5. The minimum Gasteiger partial charge on any atom is -0.289 e. The van der Waals surface area contributed by atoms with Crippen LogP contribution in [0, 0.1) is 27.2 Å². The summed E-state index contributed by atoms with van der Waals surface area (Å²) in [5.41, 5.74) is 3.34. The van der Waals surface area contributed by atoms with Crippen LogP contribution in [0.2, 0.25) is 0 Å². The molecule has 0 bridgehead atoms. The van der Waals surface area contributed by atoms with Crippen LogP contribution in [-0.2, 0) is 0 Å². The lowest BCUT2D eigenvalue weighted by atomic mass is 10.2. The van der Waals surface area contributed by atoms with Crippen molar-refractivity contribution in [2.75, 3.05) is 5.43 Å². The highest BCUT2D eigenvalue weighted by molar-refractivity contribution is 7.15. The van der Waals surface area contributed by atoms with E-state index >= 15 is 0 Å². The zero-order valence-corrected chi connectivity index (χ0v) is 13.1. The second kappa shape index (κ2) is 6.04. The maximum absolute atomic E-state index is 11.1. The van der Waals surface area contributed by atoms with E-state index in [1.165, 1.54) is 29.7 Å². The summed E-state index contributed by atoms with van der Waals surface area (Å²) in [7, 11) is 0. The second-order valence-corrected chi connectivity index (χ2v) is 5.60. The topological polar surface area (TPSA) is 128 Å². The molecule has 1 aromatic carbocycles. The Balaban J connectivity index is 1.88. The van der Waals surface area contributed by atoms with Gasteiger partial charge in [-0.15, -0.1) is 11.3 Å². The van der Waals surface area contributed by atoms with Crippen LogP contribution < -0.4 is 5.43 Å². The SMILES string of the molecule is Cc1nc2sccn2c1C=NNc1ccc([N+](=O)[O-])cc1[N+](=O)[O-]. The fourth-order valence-electron chi connectivity index (χ4n) is 2.11. The number of aryl methyl sites for hydroxylation is 1. The van der Waals surface area contributed by atoms with Crippen molar-refractivity contribution in [3.8, 4) is 0 Å². The number of hydrogen-bond acceptors (Lipinski definition) is 8. The third-order valence-corrected chi connectivity index (χ3v) is 4.00. The first-order valence-electron chi connectivity index (χ1n) is 6.61. The minimum atomic E-state index is -0.702. The Morgan fingerprint density at radius 2 is 2.12 bits per heavy atom. The van der Waals surface area contributed by atoms with Gasteiger partial charge in [-0.25, -0.2) is 4.98 Å². The number of nitro benzene ring substituents is 2. The Bertz CT molecular complexity index is 976. The molecule has 122 valence electrons. The Morgan fingerprint density at radius 3 is 2.83 bits per heavy atom. The number of hydrazone groups is 1. The third-order valence-electron chi connectivity index (χ3n) is 3.24. The molecule has 24 heavy (non-hydrogen) atoms. The van der Waals surface area contributed by atoms with Gasteiger partial charge in [0, 0.05) is 17.6 Å². The number of thiazole rings is 1. The number of aromatic nitrogens is 2. The van der Waals surface area contributed by atoms with E-state index in [0.717, 1.165) is 22.4 Å². The lowest BCUT2D eigenvalue weighted by molar-refractivity contribution is -0.393. The number of nitrogens with one attached hydrogen (secondary N) is 1. The maximum atomic E-state index is 11.1. The first-order valence-corrected chi connectivity index (χ1v) is 7.49. The smallest absolute Gasteiger partial charge is 0.289 e.